The lowest BCUT2D eigenvalue weighted by Gasteiger charge is -2.18. The number of aliphatic carboxylic acids is 1. The van der Waals surface area contributed by atoms with Crippen LogP contribution in [-0.4, -0.2) is 43.3 Å². The number of nitrogens with one attached hydrogen (secondary N) is 1. The molecule has 0 aromatic heterocycles. The summed E-state index contributed by atoms with van der Waals surface area (Å²) in [6.45, 7) is 4.31. The predicted molar refractivity (Wildman–Crippen MR) is 77.5 cm³/mol. The molecule has 0 heterocycles. The summed E-state index contributed by atoms with van der Waals surface area (Å²) in [6, 6.07) is 5.67. The highest BCUT2D eigenvalue weighted by molar-refractivity contribution is 5.96. The van der Waals surface area contributed by atoms with E-state index in [1.807, 2.05) is 0 Å². The lowest BCUT2D eigenvalue weighted by molar-refractivity contribution is -0.140. The lowest BCUT2D eigenvalue weighted by atomic mass is 10.0. The summed E-state index contributed by atoms with van der Waals surface area (Å²) < 4.78 is 10.3. The Labute approximate surface area is 124 Å². The molecule has 6 heteroatoms. The first kappa shape index (κ1) is 17.0. The van der Waals surface area contributed by atoms with E-state index in [1.165, 1.54) is 0 Å². The third-order valence-corrected chi connectivity index (χ3v) is 2.87. The van der Waals surface area contributed by atoms with E-state index in [2.05, 4.69) is 5.32 Å². The second-order valence-corrected chi connectivity index (χ2v) is 4.90. The van der Waals surface area contributed by atoms with Gasteiger partial charge in [-0.2, -0.15) is 0 Å². The van der Waals surface area contributed by atoms with E-state index in [9.17, 15) is 9.59 Å². The van der Waals surface area contributed by atoms with Crippen molar-refractivity contribution < 1.29 is 24.2 Å². The van der Waals surface area contributed by atoms with Crippen LogP contribution in [0.4, 0.5) is 0 Å². The molecular weight excluding hydrogens is 274 g/mol. The fraction of sp³-hybridized carbons (Fsp3) is 0.467. The van der Waals surface area contributed by atoms with Crippen molar-refractivity contribution in [3.8, 4) is 5.75 Å². The third-order valence-electron chi connectivity index (χ3n) is 2.87. The van der Waals surface area contributed by atoms with E-state index in [1.54, 1.807) is 45.2 Å². The third kappa shape index (κ3) is 5.43. The standard InChI is InChI=1S/C15H21NO5/c1-10(2)13(15(18)19)16-14(17)11-5-4-6-12(9-11)21-8-7-20-3/h4-6,9-10,13H,7-8H2,1-3H3,(H,16,17)(H,18,19)/t13-/m0/s1. The molecule has 0 saturated heterocycles. The molecule has 116 valence electrons. The van der Waals surface area contributed by atoms with Crippen LogP contribution >= 0.6 is 0 Å². The van der Waals surface area contributed by atoms with E-state index in [0.29, 0.717) is 24.5 Å². The van der Waals surface area contributed by atoms with Crippen molar-refractivity contribution in [2.24, 2.45) is 5.92 Å². The molecule has 0 fully saturated rings. The Hall–Kier alpha value is -2.08. The molecule has 6 nitrogen and oxygen atoms in total. The average Bonchev–Trinajstić information content (AvgIpc) is 2.44. The number of hydrogen-bond acceptors (Lipinski definition) is 4. The normalized spacial score (nSPS) is 12.0. The summed E-state index contributed by atoms with van der Waals surface area (Å²) in [7, 11) is 1.57. The molecule has 0 radical (unpaired) electrons. The topological polar surface area (TPSA) is 84.9 Å². The summed E-state index contributed by atoms with van der Waals surface area (Å²) >= 11 is 0. The van der Waals surface area contributed by atoms with Crippen molar-refractivity contribution >= 4 is 11.9 Å². The second-order valence-electron chi connectivity index (χ2n) is 4.90. The highest BCUT2D eigenvalue weighted by Gasteiger charge is 2.23. The summed E-state index contributed by atoms with van der Waals surface area (Å²) in [5, 5.41) is 11.6. The van der Waals surface area contributed by atoms with Crippen LogP contribution in [0, 0.1) is 5.92 Å². The summed E-state index contributed by atoms with van der Waals surface area (Å²) in [5.74, 6) is -1.15. The number of amides is 1. The van der Waals surface area contributed by atoms with Crippen LogP contribution in [0.3, 0.4) is 0 Å². The van der Waals surface area contributed by atoms with Crippen LogP contribution in [0.15, 0.2) is 24.3 Å². The first-order valence-electron chi connectivity index (χ1n) is 6.71. The van der Waals surface area contributed by atoms with Crippen LogP contribution in [-0.2, 0) is 9.53 Å². The number of benzene rings is 1. The van der Waals surface area contributed by atoms with Gasteiger partial charge in [-0.15, -0.1) is 0 Å². The Morgan fingerprint density at radius 3 is 2.57 bits per heavy atom. The van der Waals surface area contributed by atoms with Gasteiger partial charge in [-0.25, -0.2) is 4.79 Å². The molecule has 1 rings (SSSR count). The monoisotopic (exact) mass is 295 g/mol. The number of carboxylic acids is 1. The zero-order chi connectivity index (χ0) is 15.8. The molecule has 0 saturated carbocycles. The molecule has 1 amide bonds. The second kappa shape index (κ2) is 8.26. The SMILES string of the molecule is COCCOc1cccc(C(=O)N[C@H](C(=O)O)C(C)C)c1. The molecule has 0 spiro atoms. The zero-order valence-electron chi connectivity index (χ0n) is 12.5. The van der Waals surface area contributed by atoms with Crippen LogP contribution in [0.2, 0.25) is 0 Å². The molecule has 0 aliphatic rings. The largest absolute Gasteiger partial charge is 0.491 e. The van der Waals surface area contributed by atoms with Gasteiger partial charge in [-0.1, -0.05) is 19.9 Å². The van der Waals surface area contributed by atoms with Gasteiger partial charge in [0, 0.05) is 12.7 Å². The van der Waals surface area contributed by atoms with E-state index < -0.39 is 17.9 Å². The lowest BCUT2D eigenvalue weighted by Crippen LogP contribution is -2.44. The number of rotatable bonds is 8. The molecular formula is C15H21NO5. The van der Waals surface area contributed by atoms with Gasteiger partial charge in [-0.3, -0.25) is 4.79 Å². The maximum absolute atomic E-state index is 12.1. The Bertz CT molecular complexity index is 487. The Morgan fingerprint density at radius 2 is 2.00 bits per heavy atom. The van der Waals surface area contributed by atoms with Crippen molar-refractivity contribution in [2.45, 2.75) is 19.9 Å². The number of carbonyl (C=O) groups is 2. The quantitative estimate of drug-likeness (QED) is 0.711. The molecule has 1 aromatic rings. The minimum Gasteiger partial charge on any atom is -0.491 e. The number of carboxylic acid groups (broad SMARTS) is 1. The minimum atomic E-state index is -1.05. The fourth-order valence-corrected chi connectivity index (χ4v) is 1.71. The Kier molecular flexibility index (Phi) is 6.68. The molecule has 0 bridgehead atoms. The Balaban J connectivity index is 2.73. The number of ether oxygens (including phenoxy) is 2. The van der Waals surface area contributed by atoms with Gasteiger partial charge < -0.3 is 19.9 Å². The number of methoxy groups -OCH3 is 1. The highest BCUT2D eigenvalue weighted by atomic mass is 16.5. The van der Waals surface area contributed by atoms with Crippen molar-refractivity contribution in [1.29, 1.82) is 0 Å². The average molecular weight is 295 g/mol. The van der Waals surface area contributed by atoms with Crippen molar-refractivity contribution in [3.63, 3.8) is 0 Å². The first-order valence-corrected chi connectivity index (χ1v) is 6.71. The zero-order valence-corrected chi connectivity index (χ0v) is 12.5. The van der Waals surface area contributed by atoms with E-state index in [4.69, 9.17) is 14.6 Å². The summed E-state index contributed by atoms with van der Waals surface area (Å²) in [6.07, 6.45) is 0. The van der Waals surface area contributed by atoms with E-state index >= 15 is 0 Å². The van der Waals surface area contributed by atoms with Crippen LogP contribution in [0.25, 0.3) is 0 Å². The van der Waals surface area contributed by atoms with Crippen LogP contribution in [0.1, 0.15) is 24.2 Å². The summed E-state index contributed by atoms with van der Waals surface area (Å²) in [4.78, 5) is 23.2. The van der Waals surface area contributed by atoms with Gasteiger partial charge in [0.05, 0.1) is 6.61 Å². The van der Waals surface area contributed by atoms with Gasteiger partial charge in [0.15, 0.2) is 0 Å². The van der Waals surface area contributed by atoms with E-state index in [0.717, 1.165) is 0 Å². The maximum Gasteiger partial charge on any atom is 0.326 e. The van der Waals surface area contributed by atoms with Crippen molar-refractivity contribution in [1.82, 2.24) is 5.32 Å². The van der Waals surface area contributed by atoms with Gasteiger partial charge in [0.25, 0.3) is 5.91 Å². The predicted octanol–water partition coefficient (Wildman–Crippen LogP) is 1.55. The molecule has 0 aliphatic heterocycles. The highest BCUT2D eigenvalue weighted by Crippen LogP contribution is 2.14. The molecule has 2 N–H and O–H groups in total. The minimum absolute atomic E-state index is 0.201. The summed E-state index contributed by atoms with van der Waals surface area (Å²) in [5.41, 5.74) is 0.358. The molecule has 21 heavy (non-hydrogen) atoms. The van der Waals surface area contributed by atoms with Gasteiger partial charge in [0.2, 0.25) is 0 Å². The van der Waals surface area contributed by atoms with Crippen molar-refractivity contribution in [2.75, 3.05) is 20.3 Å². The van der Waals surface area contributed by atoms with Gasteiger partial charge in [0.1, 0.15) is 18.4 Å². The van der Waals surface area contributed by atoms with Crippen molar-refractivity contribution in [3.05, 3.63) is 29.8 Å². The van der Waals surface area contributed by atoms with Gasteiger partial charge in [-0.05, 0) is 24.1 Å². The van der Waals surface area contributed by atoms with E-state index in [-0.39, 0.29) is 5.92 Å². The first-order chi connectivity index (χ1) is 9.95. The van der Waals surface area contributed by atoms with Gasteiger partial charge >= 0.3 is 5.97 Å². The smallest absolute Gasteiger partial charge is 0.326 e. The fourth-order valence-electron chi connectivity index (χ4n) is 1.71. The molecule has 1 aromatic carbocycles. The van der Waals surface area contributed by atoms with Crippen LogP contribution in [0.5, 0.6) is 5.75 Å². The van der Waals surface area contributed by atoms with Crippen LogP contribution < -0.4 is 10.1 Å². The number of carbonyl (C=O) groups excluding carboxylic acids is 1. The Morgan fingerprint density at radius 1 is 1.29 bits per heavy atom. The number of hydrogen-bond donors (Lipinski definition) is 2. The molecule has 0 aliphatic carbocycles. The molecule has 1 atom stereocenters. The maximum atomic E-state index is 12.1. The molecule has 0 unspecified atom stereocenters.